The van der Waals surface area contributed by atoms with Crippen molar-refractivity contribution in [2.24, 2.45) is 11.8 Å². The Morgan fingerprint density at radius 3 is 2.64 bits per heavy atom. The van der Waals surface area contributed by atoms with Gasteiger partial charge >= 0.3 is 0 Å². The summed E-state index contributed by atoms with van der Waals surface area (Å²) in [5.74, 6) is -0.0305. The molecule has 8 nitrogen and oxygen atoms in total. The zero-order valence-corrected chi connectivity index (χ0v) is 16.7. The average Bonchev–Trinajstić information content (AvgIpc) is 3.22. The van der Waals surface area contributed by atoms with Crippen molar-refractivity contribution >= 4 is 32.6 Å². The highest BCUT2D eigenvalue weighted by molar-refractivity contribution is 7.90. The first-order chi connectivity index (χ1) is 13.2. The predicted octanol–water partition coefficient (Wildman–Crippen LogP) is 1.18. The van der Waals surface area contributed by atoms with Crippen LogP contribution < -0.4 is 0 Å². The SMILES string of the molecule is C[C@H]1C[C@@H]1C(=O)N1CCN(C(=O)c2onc3ccccc23)C(CS(C)(=O)=O)C1. The molecule has 1 saturated carbocycles. The lowest BCUT2D eigenvalue weighted by molar-refractivity contribution is -0.135. The molecule has 0 N–H and O–H groups in total. The van der Waals surface area contributed by atoms with Crippen LogP contribution in [0.5, 0.6) is 0 Å². The first kappa shape index (κ1) is 18.9. The molecule has 0 spiro atoms. The van der Waals surface area contributed by atoms with Gasteiger partial charge < -0.3 is 14.3 Å². The monoisotopic (exact) mass is 405 g/mol. The zero-order valence-electron chi connectivity index (χ0n) is 15.9. The molecular formula is C19H23N3O5S. The van der Waals surface area contributed by atoms with Crippen LogP contribution >= 0.6 is 0 Å². The van der Waals surface area contributed by atoms with E-state index >= 15 is 0 Å². The Labute approximate surface area is 163 Å². The van der Waals surface area contributed by atoms with Gasteiger partial charge in [-0.25, -0.2) is 8.42 Å². The van der Waals surface area contributed by atoms with Gasteiger partial charge in [0.1, 0.15) is 15.4 Å². The van der Waals surface area contributed by atoms with E-state index in [1.165, 1.54) is 4.90 Å². The van der Waals surface area contributed by atoms with Gasteiger partial charge in [0.15, 0.2) is 0 Å². The third-order valence-corrected chi connectivity index (χ3v) is 6.55. The summed E-state index contributed by atoms with van der Waals surface area (Å²) in [6, 6.07) is 6.47. The molecule has 2 fully saturated rings. The molecule has 2 aromatic rings. The van der Waals surface area contributed by atoms with Gasteiger partial charge in [0.25, 0.3) is 5.91 Å². The molecule has 2 aliphatic rings. The maximum Gasteiger partial charge on any atom is 0.293 e. The molecule has 2 heterocycles. The smallest absolute Gasteiger partial charge is 0.293 e. The van der Waals surface area contributed by atoms with E-state index in [2.05, 4.69) is 5.16 Å². The van der Waals surface area contributed by atoms with Crippen LogP contribution in [0.4, 0.5) is 0 Å². The lowest BCUT2D eigenvalue weighted by atomic mass is 10.1. The van der Waals surface area contributed by atoms with Crippen LogP contribution in [0.2, 0.25) is 0 Å². The first-order valence-corrected chi connectivity index (χ1v) is 11.4. The Morgan fingerprint density at radius 2 is 1.96 bits per heavy atom. The lowest BCUT2D eigenvalue weighted by Crippen LogP contribution is -2.58. The largest absolute Gasteiger partial charge is 0.350 e. The molecule has 1 unspecified atom stereocenters. The highest BCUT2D eigenvalue weighted by Crippen LogP contribution is 2.39. The molecule has 0 radical (unpaired) electrons. The Morgan fingerprint density at radius 1 is 1.25 bits per heavy atom. The van der Waals surface area contributed by atoms with Crippen LogP contribution in [0.1, 0.15) is 23.9 Å². The number of sulfone groups is 1. The van der Waals surface area contributed by atoms with Gasteiger partial charge in [-0.05, 0) is 24.5 Å². The summed E-state index contributed by atoms with van der Waals surface area (Å²) in [5, 5.41) is 4.51. The standard InChI is InChI=1S/C19H23N3O5S/c1-12-9-15(12)18(23)21-7-8-22(13(10-21)11-28(2,25)26)19(24)17-14-5-3-4-6-16(14)20-27-17/h3-6,12-13,15H,7-11H2,1-2H3/t12-,13?,15-/m0/s1. The van der Waals surface area contributed by atoms with E-state index in [0.717, 1.165) is 12.7 Å². The van der Waals surface area contributed by atoms with Gasteiger partial charge in [0.05, 0.1) is 17.2 Å². The molecule has 1 aliphatic carbocycles. The fourth-order valence-electron chi connectivity index (χ4n) is 3.89. The van der Waals surface area contributed by atoms with Crippen molar-refractivity contribution in [1.82, 2.24) is 15.0 Å². The van der Waals surface area contributed by atoms with Gasteiger partial charge in [-0.3, -0.25) is 9.59 Å². The molecule has 4 rings (SSSR count). The lowest BCUT2D eigenvalue weighted by Gasteiger charge is -2.41. The number of hydrogen-bond acceptors (Lipinski definition) is 6. The number of amides is 2. The molecule has 9 heteroatoms. The van der Waals surface area contributed by atoms with Crippen molar-refractivity contribution < 1.29 is 22.5 Å². The highest BCUT2D eigenvalue weighted by Gasteiger charge is 2.44. The van der Waals surface area contributed by atoms with Crippen LogP contribution in [0, 0.1) is 11.8 Å². The van der Waals surface area contributed by atoms with Gasteiger partial charge in [0, 0.05) is 31.8 Å². The van der Waals surface area contributed by atoms with Crippen LogP contribution in [-0.4, -0.2) is 72.9 Å². The third-order valence-electron chi connectivity index (χ3n) is 5.56. The summed E-state index contributed by atoms with van der Waals surface area (Å²) in [4.78, 5) is 29.0. The molecule has 3 atom stereocenters. The summed E-state index contributed by atoms with van der Waals surface area (Å²) in [6.07, 6.45) is 2.02. The number of aromatic nitrogens is 1. The number of nitrogens with zero attached hydrogens (tertiary/aromatic N) is 3. The second kappa shape index (κ2) is 6.88. The van der Waals surface area contributed by atoms with Crippen molar-refractivity contribution in [2.45, 2.75) is 19.4 Å². The number of fused-ring (bicyclic) bond motifs is 1. The Balaban J connectivity index is 1.59. The Bertz CT molecular complexity index is 1030. The normalized spacial score (nSPS) is 25.1. The summed E-state index contributed by atoms with van der Waals surface area (Å²) >= 11 is 0. The van der Waals surface area contributed by atoms with E-state index in [0.29, 0.717) is 23.4 Å². The predicted molar refractivity (Wildman–Crippen MR) is 102 cm³/mol. The van der Waals surface area contributed by atoms with Gasteiger partial charge in [-0.15, -0.1) is 0 Å². The second-order valence-corrected chi connectivity index (χ2v) is 10.1. The first-order valence-electron chi connectivity index (χ1n) is 9.36. The highest BCUT2D eigenvalue weighted by atomic mass is 32.2. The fourth-order valence-corrected chi connectivity index (χ4v) is 4.87. The van der Waals surface area contributed by atoms with Crippen LogP contribution in [0.25, 0.3) is 10.9 Å². The molecule has 28 heavy (non-hydrogen) atoms. The number of carbonyl (C=O) groups is 2. The van der Waals surface area contributed by atoms with Crippen molar-refractivity contribution in [3.63, 3.8) is 0 Å². The minimum atomic E-state index is -3.34. The van der Waals surface area contributed by atoms with E-state index in [1.54, 1.807) is 29.2 Å². The van der Waals surface area contributed by atoms with E-state index in [-0.39, 0.29) is 36.4 Å². The maximum atomic E-state index is 13.1. The van der Waals surface area contributed by atoms with Crippen molar-refractivity contribution in [3.05, 3.63) is 30.0 Å². The van der Waals surface area contributed by atoms with Crippen LogP contribution in [0.3, 0.4) is 0 Å². The summed E-state index contributed by atoms with van der Waals surface area (Å²) in [7, 11) is -3.34. The van der Waals surface area contributed by atoms with Gasteiger partial charge in [-0.1, -0.05) is 24.2 Å². The van der Waals surface area contributed by atoms with E-state index in [1.807, 2.05) is 6.92 Å². The van der Waals surface area contributed by atoms with Crippen molar-refractivity contribution in [2.75, 3.05) is 31.6 Å². The van der Waals surface area contributed by atoms with E-state index < -0.39 is 21.8 Å². The van der Waals surface area contributed by atoms with E-state index in [4.69, 9.17) is 4.52 Å². The van der Waals surface area contributed by atoms with Crippen LogP contribution in [0.15, 0.2) is 28.8 Å². The average molecular weight is 405 g/mol. The van der Waals surface area contributed by atoms with Gasteiger partial charge in [-0.2, -0.15) is 0 Å². The molecule has 150 valence electrons. The molecule has 2 amide bonds. The summed E-state index contributed by atoms with van der Waals surface area (Å²) in [5.41, 5.74) is 0.571. The molecule has 0 bridgehead atoms. The minimum absolute atomic E-state index is 0.0272. The van der Waals surface area contributed by atoms with Crippen molar-refractivity contribution in [3.8, 4) is 0 Å². The topological polar surface area (TPSA) is 101 Å². The molecule has 1 saturated heterocycles. The summed E-state index contributed by atoms with van der Waals surface area (Å²) < 4.78 is 29.2. The third kappa shape index (κ3) is 3.63. The second-order valence-electron chi connectivity index (χ2n) is 7.88. The van der Waals surface area contributed by atoms with E-state index in [9.17, 15) is 18.0 Å². The molecule has 1 aromatic heterocycles. The number of benzene rings is 1. The quantitative estimate of drug-likeness (QED) is 0.757. The minimum Gasteiger partial charge on any atom is -0.350 e. The Kier molecular flexibility index (Phi) is 4.65. The fraction of sp³-hybridized carbons (Fsp3) is 0.526. The Hall–Kier alpha value is -2.42. The summed E-state index contributed by atoms with van der Waals surface area (Å²) in [6.45, 7) is 2.90. The van der Waals surface area contributed by atoms with Crippen molar-refractivity contribution in [1.29, 1.82) is 0 Å². The molecular weight excluding hydrogens is 382 g/mol. The number of piperazine rings is 1. The number of hydrogen-bond donors (Lipinski definition) is 0. The van der Waals surface area contributed by atoms with Gasteiger partial charge in [0.2, 0.25) is 11.7 Å². The number of carbonyl (C=O) groups excluding carboxylic acids is 2. The van der Waals surface area contributed by atoms with Crippen LogP contribution in [-0.2, 0) is 14.6 Å². The number of rotatable bonds is 4. The maximum absolute atomic E-state index is 13.1. The molecule has 1 aliphatic heterocycles. The molecule has 1 aromatic carbocycles. The zero-order chi connectivity index (χ0) is 20.1.